The van der Waals surface area contributed by atoms with E-state index in [1.807, 2.05) is 0 Å². The fourth-order valence-corrected chi connectivity index (χ4v) is 2.35. The summed E-state index contributed by atoms with van der Waals surface area (Å²) < 4.78 is 11.4. The van der Waals surface area contributed by atoms with Crippen molar-refractivity contribution >= 4 is 5.91 Å². The first kappa shape index (κ1) is 18.9. The second kappa shape index (κ2) is 8.20. The van der Waals surface area contributed by atoms with Gasteiger partial charge in [0.25, 0.3) is 11.5 Å². The summed E-state index contributed by atoms with van der Waals surface area (Å²) in [5.74, 6) is 0.0891. The molecule has 0 aromatic carbocycles. The lowest BCUT2D eigenvalue weighted by atomic mass is 10.2. The quantitative estimate of drug-likeness (QED) is 0.623. The van der Waals surface area contributed by atoms with Crippen molar-refractivity contribution in [1.82, 2.24) is 35.0 Å². The third-order valence-electron chi connectivity index (χ3n) is 3.86. The van der Waals surface area contributed by atoms with Crippen molar-refractivity contribution in [3.8, 4) is 23.1 Å². The second-order valence-electron chi connectivity index (χ2n) is 5.54. The van der Waals surface area contributed by atoms with Crippen LogP contribution in [0.1, 0.15) is 16.2 Å². The normalized spacial score (nSPS) is 10.4. The van der Waals surface area contributed by atoms with E-state index >= 15 is 0 Å². The third-order valence-corrected chi connectivity index (χ3v) is 3.86. The maximum atomic E-state index is 12.6. The molecule has 1 N–H and O–H groups in total. The Morgan fingerprint density at radius 3 is 2.68 bits per heavy atom. The zero-order valence-electron chi connectivity index (χ0n) is 15.4. The van der Waals surface area contributed by atoms with E-state index in [1.54, 1.807) is 19.3 Å². The smallest absolute Gasteiger partial charge is 0.257 e. The second-order valence-corrected chi connectivity index (χ2v) is 5.54. The Labute approximate surface area is 159 Å². The number of amides is 1. The molecule has 3 heterocycles. The summed E-state index contributed by atoms with van der Waals surface area (Å²) in [6.07, 6.45) is 2.92. The van der Waals surface area contributed by atoms with E-state index in [4.69, 9.17) is 9.47 Å². The zero-order chi connectivity index (χ0) is 20.1. The summed E-state index contributed by atoms with van der Waals surface area (Å²) in [5.41, 5.74) is 0.758. The van der Waals surface area contributed by atoms with Crippen LogP contribution in [0.25, 0.3) is 11.4 Å². The topological polar surface area (TPSA) is 134 Å². The van der Waals surface area contributed by atoms with Gasteiger partial charge >= 0.3 is 0 Å². The van der Waals surface area contributed by atoms with Gasteiger partial charge in [-0.3, -0.25) is 14.2 Å². The number of ether oxygens (including phenoxy) is 2. The Morgan fingerprint density at radius 2 is 2.00 bits per heavy atom. The molecular weight excluding hydrogens is 366 g/mol. The number of aromatic nitrogens is 6. The molecule has 11 nitrogen and oxygen atoms in total. The van der Waals surface area contributed by atoms with Gasteiger partial charge in [-0.05, 0) is 6.07 Å². The predicted octanol–water partition coefficient (Wildman–Crippen LogP) is -0.0255. The Balaban J connectivity index is 1.86. The third kappa shape index (κ3) is 3.92. The molecule has 11 heteroatoms. The van der Waals surface area contributed by atoms with Crippen LogP contribution in [-0.2, 0) is 13.6 Å². The van der Waals surface area contributed by atoms with Gasteiger partial charge in [-0.25, -0.2) is 15.0 Å². The molecule has 0 fully saturated rings. The minimum Gasteiger partial charge on any atom is -0.480 e. The largest absolute Gasteiger partial charge is 0.480 e. The first-order valence-electron chi connectivity index (χ1n) is 8.10. The number of methoxy groups -OCH3 is 2. The lowest BCUT2D eigenvalue weighted by Gasteiger charge is -2.12. The average Bonchev–Trinajstić information content (AvgIpc) is 2.74. The van der Waals surface area contributed by atoms with Crippen LogP contribution in [0.2, 0.25) is 0 Å². The van der Waals surface area contributed by atoms with Gasteiger partial charge in [0.05, 0.1) is 32.2 Å². The van der Waals surface area contributed by atoms with Gasteiger partial charge in [0.2, 0.25) is 11.8 Å². The molecule has 3 aromatic rings. The molecule has 1 amide bonds. The molecule has 0 aliphatic carbocycles. The fraction of sp³-hybridized carbons (Fsp3) is 0.235. The average molecular weight is 383 g/mol. The zero-order valence-corrected chi connectivity index (χ0v) is 15.4. The van der Waals surface area contributed by atoms with Crippen LogP contribution < -0.4 is 20.3 Å². The Hall–Kier alpha value is -3.89. The summed E-state index contributed by atoms with van der Waals surface area (Å²) in [6, 6.07) is 4.42. The fourth-order valence-electron chi connectivity index (χ4n) is 2.35. The highest BCUT2D eigenvalue weighted by Crippen LogP contribution is 2.18. The van der Waals surface area contributed by atoms with Crippen molar-refractivity contribution in [2.75, 3.05) is 14.2 Å². The maximum absolute atomic E-state index is 12.6. The van der Waals surface area contributed by atoms with Gasteiger partial charge in [-0.1, -0.05) is 0 Å². The summed E-state index contributed by atoms with van der Waals surface area (Å²) >= 11 is 0. The first-order chi connectivity index (χ1) is 13.5. The molecular formula is C17H17N7O4. The monoisotopic (exact) mass is 383 g/mol. The van der Waals surface area contributed by atoms with Gasteiger partial charge in [-0.2, -0.15) is 0 Å². The van der Waals surface area contributed by atoms with Crippen molar-refractivity contribution in [3.63, 3.8) is 0 Å². The van der Waals surface area contributed by atoms with E-state index in [2.05, 4.69) is 30.5 Å². The molecule has 144 valence electrons. The summed E-state index contributed by atoms with van der Waals surface area (Å²) in [6.45, 7) is -0.00269. The molecule has 0 aliphatic rings. The highest BCUT2D eigenvalue weighted by molar-refractivity contribution is 5.96. The van der Waals surface area contributed by atoms with Crippen molar-refractivity contribution in [3.05, 3.63) is 52.5 Å². The van der Waals surface area contributed by atoms with Crippen molar-refractivity contribution in [1.29, 1.82) is 0 Å². The first-order valence-corrected chi connectivity index (χ1v) is 8.10. The number of rotatable bonds is 6. The van der Waals surface area contributed by atoms with E-state index in [0.717, 1.165) is 0 Å². The lowest BCUT2D eigenvalue weighted by Crippen LogP contribution is -2.30. The number of hydrogen-bond donors (Lipinski definition) is 1. The van der Waals surface area contributed by atoms with Crippen molar-refractivity contribution in [2.24, 2.45) is 7.05 Å². The van der Waals surface area contributed by atoms with E-state index in [9.17, 15) is 9.59 Å². The van der Waals surface area contributed by atoms with Crippen LogP contribution >= 0.6 is 0 Å². The van der Waals surface area contributed by atoms with Gasteiger partial charge < -0.3 is 14.8 Å². The van der Waals surface area contributed by atoms with E-state index in [-0.39, 0.29) is 29.4 Å². The number of carbonyl (C=O) groups excluding carboxylic acids is 1. The standard InChI is InChI=1S/C17H17N7O4/c1-24-13(21-12(7-15(24)25)11-4-5-18-9-20-11)8-19-16(26)10-6-14(27-2)22-23-17(10)28-3/h4-7,9H,8H2,1-3H3,(H,19,26). The molecule has 0 saturated carbocycles. The number of carbonyl (C=O) groups is 1. The molecule has 0 unspecified atom stereocenters. The van der Waals surface area contributed by atoms with Crippen molar-refractivity contribution in [2.45, 2.75) is 6.54 Å². The van der Waals surface area contributed by atoms with Gasteiger partial charge in [0, 0.05) is 25.4 Å². The number of nitrogens with one attached hydrogen (secondary N) is 1. The number of hydrogen-bond acceptors (Lipinski definition) is 9. The molecule has 0 spiro atoms. The molecule has 3 rings (SSSR count). The highest BCUT2D eigenvalue weighted by atomic mass is 16.5. The summed E-state index contributed by atoms with van der Waals surface area (Å²) in [4.78, 5) is 37.2. The molecule has 28 heavy (non-hydrogen) atoms. The molecule has 0 atom stereocenters. The maximum Gasteiger partial charge on any atom is 0.257 e. The van der Waals surface area contributed by atoms with Crippen LogP contribution in [0.5, 0.6) is 11.8 Å². The van der Waals surface area contributed by atoms with Gasteiger partial charge in [0.1, 0.15) is 17.7 Å². The Kier molecular flexibility index (Phi) is 5.53. The predicted molar refractivity (Wildman–Crippen MR) is 96.8 cm³/mol. The molecule has 0 saturated heterocycles. The van der Waals surface area contributed by atoms with E-state index in [0.29, 0.717) is 17.2 Å². The minimum absolute atomic E-state index is 0.00269. The van der Waals surface area contributed by atoms with Crippen molar-refractivity contribution < 1.29 is 14.3 Å². The van der Waals surface area contributed by atoms with Crippen LogP contribution in [0.4, 0.5) is 0 Å². The Morgan fingerprint density at radius 1 is 1.18 bits per heavy atom. The van der Waals surface area contributed by atoms with E-state index in [1.165, 1.54) is 37.2 Å². The molecule has 0 bridgehead atoms. The number of nitrogens with zero attached hydrogens (tertiary/aromatic N) is 6. The van der Waals surface area contributed by atoms with Crippen LogP contribution in [0.3, 0.4) is 0 Å². The highest BCUT2D eigenvalue weighted by Gasteiger charge is 2.17. The summed E-state index contributed by atoms with van der Waals surface area (Å²) in [5, 5.41) is 10.2. The minimum atomic E-state index is -0.480. The van der Waals surface area contributed by atoms with E-state index < -0.39 is 5.91 Å². The van der Waals surface area contributed by atoms with Crippen LogP contribution in [0, 0.1) is 0 Å². The van der Waals surface area contributed by atoms with Gasteiger partial charge in [-0.15, -0.1) is 10.2 Å². The molecule has 0 aliphatic heterocycles. The van der Waals surface area contributed by atoms with Crippen LogP contribution in [0.15, 0.2) is 35.5 Å². The van der Waals surface area contributed by atoms with Crippen LogP contribution in [-0.4, -0.2) is 49.8 Å². The molecule has 0 radical (unpaired) electrons. The lowest BCUT2D eigenvalue weighted by molar-refractivity contribution is 0.0944. The SMILES string of the molecule is COc1cc(C(=O)NCc2nc(-c3ccncn3)cc(=O)n2C)c(OC)nn1. The summed E-state index contributed by atoms with van der Waals surface area (Å²) in [7, 11) is 4.36. The Bertz CT molecular complexity index is 1050. The van der Waals surface area contributed by atoms with Gasteiger partial charge in [0.15, 0.2) is 0 Å². The molecule has 3 aromatic heterocycles.